The van der Waals surface area contributed by atoms with Crippen LogP contribution in [0.15, 0.2) is 0 Å². The van der Waals surface area contributed by atoms with Crippen LogP contribution in [0.3, 0.4) is 0 Å². The van der Waals surface area contributed by atoms with Crippen molar-refractivity contribution < 1.29 is 21.9 Å². The SMILES string of the molecule is CCCCCCCCCCCC(=O)NC#N.[Mn]. The smallest absolute Gasteiger partial charge is 0.232 e. The fourth-order valence-corrected chi connectivity index (χ4v) is 1.72. The van der Waals surface area contributed by atoms with Crippen molar-refractivity contribution in [3.63, 3.8) is 0 Å². The summed E-state index contributed by atoms with van der Waals surface area (Å²) in [5.41, 5.74) is 0. The first kappa shape index (κ1) is 18.8. The average molecular weight is 279 g/mol. The predicted octanol–water partition coefficient (Wildman–Crippen LogP) is 3.50. The average Bonchev–Trinajstić information content (AvgIpc) is 2.27. The van der Waals surface area contributed by atoms with Crippen molar-refractivity contribution in [2.24, 2.45) is 0 Å². The summed E-state index contributed by atoms with van der Waals surface area (Å²) in [6, 6.07) is 0. The van der Waals surface area contributed by atoms with Gasteiger partial charge < -0.3 is 0 Å². The standard InChI is InChI=1S/C13H24N2O.Mn/c1-2-3-4-5-6-7-8-9-10-11-13(16)15-12-14;/h2-11H2,1H3,(H,15,16);. The van der Waals surface area contributed by atoms with E-state index >= 15 is 0 Å². The molecule has 0 rings (SSSR count). The van der Waals surface area contributed by atoms with Crippen LogP contribution in [0, 0.1) is 11.5 Å². The normalized spacial score (nSPS) is 9.18. The monoisotopic (exact) mass is 279 g/mol. The van der Waals surface area contributed by atoms with Crippen LogP contribution in [0.25, 0.3) is 0 Å². The number of carbonyl (C=O) groups excluding carboxylic acids is 1. The van der Waals surface area contributed by atoms with Crippen molar-refractivity contribution in [1.29, 1.82) is 5.26 Å². The number of hydrogen-bond donors (Lipinski definition) is 1. The van der Waals surface area contributed by atoms with Gasteiger partial charge in [0.1, 0.15) is 0 Å². The Morgan fingerprint density at radius 1 is 1.00 bits per heavy atom. The summed E-state index contributed by atoms with van der Waals surface area (Å²) < 4.78 is 0. The van der Waals surface area contributed by atoms with Gasteiger partial charge in [0.15, 0.2) is 6.19 Å². The second kappa shape index (κ2) is 15.5. The molecule has 0 aliphatic rings. The van der Waals surface area contributed by atoms with Crippen molar-refractivity contribution in [2.75, 3.05) is 0 Å². The number of nitrogens with one attached hydrogen (secondary N) is 1. The van der Waals surface area contributed by atoms with Gasteiger partial charge in [0.25, 0.3) is 0 Å². The van der Waals surface area contributed by atoms with Gasteiger partial charge in [-0.05, 0) is 6.42 Å². The van der Waals surface area contributed by atoms with E-state index in [2.05, 4.69) is 12.2 Å². The zero-order chi connectivity index (χ0) is 12.1. The van der Waals surface area contributed by atoms with Gasteiger partial charge in [-0.25, -0.2) is 0 Å². The number of unbranched alkanes of at least 4 members (excludes halogenated alkanes) is 8. The Labute approximate surface area is 116 Å². The summed E-state index contributed by atoms with van der Waals surface area (Å²) in [6.07, 6.45) is 13.3. The zero-order valence-corrected chi connectivity index (χ0v) is 12.0. The van der Waals surface area contributed by atoms with E-state index in [1.165, 1.54) is 44.9 Å². The molecule has 1 N–H and O–H groups in total. The Hall–Kier alpha value is -0.521. The summed E-state index contributed by atoms with van der Waals surface area (Å²) in [6.45, 7) is 2.23. The van der Waals surface area contributed by atoms with Crippen LogP contribution in [-0.2, 0) is 21.9 Å². The van der Waals surface area contributed by atoms with Crippen LogP contribution in [0.5, 0.6) is 0 Å². The first-order chi connectivity index (χ1) is 7.81. The molecule has 0 aromatic carbocycles. The molecule has 0 aromatic heterocycles. The van der Waals surface area contributed by atoms with Crippen molar-refractivity contribution in [2.45, 2.75) is 71.1 Å². The molecule has 0 bridgehead atoms. The molecule has 0 aliphatic heterocycles. The summed E-state index contributed by atoms with van der Waals surface area (Å²) in [5, 5.41) is 10.3. The van der Waals surface area contributed by atoms with Gasteiger partial charge in [0.2, 0.25) is 5.91 Å². The van der Waals surface area contributed by atoms with Gasteiger partial charge in [-0.3, -0.25) is 10.1 Å². The van der Waals surface area contributed by atoms with Crippen molar-refractivity contribution in [3.8, 4) is 6.19 Å². The molecule has 0 atom stereocenters. The van der Waals surface area contributed by atoms with Gasteiger partial charge in [0, 0.05) is 23.5 Å². The van der Waals surface area contributed by atoms with E-state index < -0.39 is 0 Å². The van der Waals surface area contributed by atoms with Crippen LogP contribution < -0.4 is 5.32 Å². The molecule has 4 heteroatoms. The van der Waals surface area contributed by atoms with Crippen molar-refractivity contribution in [3.05, 3.63) is 0 Å². The van der Waals surface area contributed by atoms with Crippen LogP contribution in [-0.4, -0.2) is 5.91 Å². The van der Waals surface area contributed by atoms with Gasteiger partial charge in [-0.1, -0.05) is 58.3 Å². The molecule has 1 radical (unpaired) electrons. The summed E-state index contributed by atoms with van der Waals surface area (Å²) >= 11 is 0. The molecule has 0 unspecified atom stereocenters. The zero-order valence-electron chi connectivity index (χ0n) is 10.8. The van der Waals surface area contributed by atoms with Crippen molar-refractivity contribution in [1.82, 2.24) is 5.32 Å². The molecule has 0 fully saturated rings. The Morgan fingerprint density at radius 3 is 1.94 bits per heavy atom. The maximum atomic E-state index is 10.9. The number of rotatable bonds is 10. The molecule has 0 heterocycles. The maximum Gasteiger partial charge on any atom is 0.232 e. The Bertz CT molecular complexity index is 214. The molecule has 1 amide bonds. The van der Waals surface area contributed by atoms with Gasteiger partial charge in [-0.2, -0.15) is 5.26 Å². The Kier molecular flexibility index (Phi) is 17.1. The largest absolute Gasteiger partial charge is 0.274 e. The number of carbonyl (C=O) groups is 1. The van der Waals surface area contributed by atoms with Gasteiger partial charge >= 0.3 is 0 Å². The van der Waals surface area contributed by atoms with E-state index in [0.717, 1.165) is 12.8 Å². The maximum absolute atomic E-state index is 10.9. The minimum absolute atomic E-state index is 0. The van der Waals surface area contributed by atoms with E-state index in [1.807, 2.05) is 0 Å². The second-order valence-corrected chi connectivity index (χ2v) is 4.24. The third-order valence-electron chi connectivity index (χ3n) is 2.70. The molecular formula is C13H24MnN2O. The third kappa shape index (κ3) is 15.5. The molecular weight excluding hydrogens is 255 g/mol. The molecule has 17 heavy (non-hydrogen) atoms. The van der Waals surface area contributed by atoms with Crippen LogP contribution in [0.1, 0.15) is 71.1 Å². The van der Waals surface area contributed by atoms with E-state index in [4.69, 9.17) is 5.26 Å². The minimum atomic E-state index is -0.148. The van der Waals surface area contributed by atoms with E-state index in [1.54, 1.807) is 6.19 Å². The van der Waals surface area contributed by atoms with E-state index in [9.17, 15) is 4.79 Å². The fourth-order valence-electron chi connectivity index (χ4n) is 1.72. The fraction of sp³-hybridized carbons (Fsp3) is 0.846. The number of nitrogens with zero attached hydrogens (tertiary/aromatic N) is 1. The molecule has 0 saturated heterocycles. The van der Waals surface area contributed by atoms with Crippen molar-refractivity contribution >= 4 is 5.91 Å². The first-order valence-electron chi connectivity index (χ1n) is 6.49. The van der Waals surface area contributed by atoms with Crippen LogP contribution in [0.4, 0.5) is 0 Å². The van der Waals surface area contributed by atoms with E-state index in [-0.39, 0.29) is 23.0 Å². The minimum Gasteiger partial charge on any atom is -0.274 e. The van der Waals surface area contributed by atoms with E-state index in [0.29, 0.717) is 6.42 Å². The number of nitriles is 1. The van der Waals surface area contributed by atoms with Crippen LogP contribution >= 0.6 is 0 Å². The quantitative estimate of drug-likeness (QED) is 0.288. The molecule has 99 valence electrons. The summed E-state index contributed by atoms with van der Waals surface area (Å²) in [4.78, 5) is 10.9. The Morgan fingerprint density at radius 2 is 1.47 bits per heavy atom. The molecule has 0 spiro atoms. The number of amides is 1. The molecule has 0 aromatic rings. The molecule has 0 saturated carbocycles. The van der Waals surface area contributed by atoms with Gasteiger partial charge in [0.05, 0.1) is 0 Å². The third-order valence-corrected chi connectivity index (χ3v) is 2.70. The van der Waals surface area contributed by atoms with Gasteiger partial charge in [-0.15, -0.1) is 0 Å². The molecule has 0 aliphatic carbocycles. The topological polar surface area (TPSA) is 52.9 Å². The first-order valence-corrected chi connectivity index (χ1v) is 6.49. The Balaban J connectivity index is 0. The summed E-state index contributed by atoms with van der Waals surface area (Å²) in [7, 11) is 0. The predicted molar refractivity (Wildman–Crippen MR) is 65.6 cm³/mol. The van der Waals surface area contributed by atoms with Crippen LogP contribution in [0.2, 0.25) is 0 Å². The summed E-state index contributed by atoms with van der Waals surface area (Å²) in [5.74, 6) is -0.148. The number of hydrogen-bond acceptors (Lipinski definition) is 2. The second-order valence-electron chi connectivity index (χ2n) is 4.24. The molecule has 3 nitrogen and oxygen atoms in total.